The number of alkyl carbamates (subject to hydrolysis) is 1. The summed E-state index contributed by atoms with van der Waals surface area (Å²) in [6.45, 7) is 2.45. The van der Waals surface area contributed by atoms with Gasteiger partial charge in [-0.15, -0.1) is 0 Å². The number of carboxylic acids is 1. The second-order valence-electron chi connectivity index (χ2n) is 8.50. The zero-order valence-corrected chi connectivity index (χ0v) is 18.0. The van der Waals surface area contributed by atoms with Crippen LogP contribution in [0.3, 0.4) is 0 Å². The molecule has 32 heavy (non-hydrogen) atoms. The first-order valence-corrected chi connectivity index (χ1v) is 11.1. The fourth-order valence-corrected chi connectivity index (χ4v) is 4.48. The van der Waals surface area contributed by atoms with Crippen LogP contribution in [0.15, 0.2) is 48.5 Å². The lowest BCUT2D eigenvalue weighted by atomic mass is 9.98. The van der Waals surface area contributed by atoms with Crippen LogP contribution in [0.4, 0.5) is 4.79 Å². The van der Waals surface area contributed by atoms with Gasteiger partial charge in [0.15, 0.2) is 0 Å². The van der Waals surface area contributed by atoms with Crippen molar-refractivity contribution in [3.63, 3.8) is 0 Å². The van der Waals surface area contributed by atoms with Crippen molar-refractivity contribution >= 4 is 18.0 Å². The highest BCUT2D eigenvalue weighted by molar-refractivity contribution is 5.86. The summed E-state index contributed by atoms with van der Waals surface area (Å²) in [7, 11) is 0. The van der Waals surface area contributed by atoms with Crippen molar-refractivity contribution in [2.45, 2.75) is 38.1 Å². The third-order valence-corrected chi connectivity index (χ3v) is 6.30. The number of hydrogen-bond donors (Lipinski definition) is 3. The summed E-state index contributed by atoms with van der Waals surface area (Å²) in [6.07, 6.45) is 1.20. The second kappa shape index (κ2) is 9.42. The number of ether oxygens (including phenoxy) is 1. The third-order valence-electron chi connectivity index (χ3n) is 6.30. The maximum atomic E-state index is 12.3. The predicted molar refractivity (Wildman–Crippen MR) is 119 cm³/mol. The van der Waals surface area contributed by atoms with Crippen LogP contribution in [0.5, 0.6) is 0 Å². The first kappa shape index (κ1) is 21.9. The molecular weight excluding hydrogens is 408 g/mol. The van der Waals surface area contributed by atoms with Crippen molar-refractivity contribution in [3.8, 4) is 11.1 Å². The van der Waals surface area contributed by atoms with E-state index in [2.05, 4.69) is 34.9 Å². The number of carboxylic acid groups (broad SMARTS) is 1. The lowest BCUT2D eigenvalue weighted by Gasteiger charge is -2.15. The van der Waals surface area contributed by atoms with Crippen LogP contribution in [-0.4, -0.2) is 42.3 Å². The van der Waals surface area contributed by atoms with E-state index in [-0.39, 0.29) is 30.3 Å². The maximum Gasteiger partial charge on any atom is 0.407 e. The minimum Gasteiger partial charge on any atom is -0.480 e. The van der Waals surface area contributed by atoms with Gasteiger partial charge in [-0.3, -0.25) is 4.79 Å². The van der Waals surface area contributed by atoms with Crippen LogP contribution in [0, 0.1) is 11.8 Å². The Balaban J connectivity index is 1.25. The van der Waals surface area contributed by atoms with Crippen molar-refractivity contribution in [3.05, 3.63) is 59.7 Å². The van der Waals surface area contributed by atoms with Gasteiger partial charge in [-0.05, 0) is 41.0 Å². The van der Waals surface area contributed by atoms with Crippen molar-refractivity contribution in [1.29, 1.82) is 0 Å². The van der Waals surface area contributed by atoms with Gasteiger partial charge in [-0.2, -0.15) is 0 Å². The average molecular weight is 437 g/mol. The number of fused-ring (bicyclic) bond motifs is 3. The molecule has 7 nitrogen and oxygen atoms in total. The molecule has 0 spiro atoms. The highest BCUT2D eigenvalue weighted by atomic mass is 16.5. The molecule has 0 heterocycles. The van der Waals surface area contributed by atoms with E-state index in [1.807, 2.05) is 31.2 Å². The average Bonchev–Trinajstić information content (AvgIpc) is 3.51. The molecule has 0 aromatic heterocycles. The molecule has 2 amide bonds. The molecule has 2 aromatic carbocycles. The van der Waals surface area contributed by atoms with Crippen molar-refractivity contribution in [1.82, 2.24) is 10.6 Å². The minimum atomic E-state index is -1.02. The summed E-state index contributed by atoms with van der Waals surface area (Å²) < 4.78 is 5.51. The number of nitrogens with one attached hydrogen (secondary N) is 2. The van der Waals surface area contributed by atoms with E-state index in [1.54, 1.807) is 0 Å². The number of amides is 2. The fraction of sp³-hybridized carbons (Fsp3) is 0.400. The van der Waals surface area contributed by atoms with Crippen LogP contribution in [-0.2, 0) is 14.3 Å². The zero-order chi connectivity index (χ0) is 22.7. The predicted octanol–water partition coefficient (Wildman–Crippen LogP) is 3.53. The van der Waals surface area contributed by atoms with Crippen LogP contribution in [0.1, 0.15) is 43.2 Å². The maximum absolute atomic E-state index is 12.3. The smallest absolute Gasteiger partial charge is 0.407 e. The Morgan fingerprint density at radius 3 is 2.28 bits per heavy atom. The standard InChI is InChI=1S/C25H28N2O5/c1-2-7-22(24(29)30)27-23(28)20-12-15(20)13-26-25(31)32-14-21-18-10-5-3-8-16(18)17-9-4-6-11-19(17)21/h3-6,8-11,15,20-22H,2,7,12-14H2,1H3,(H,26,31)(H,27,28)(H,29,30)/t15-,20-,22?/m1/s1. The number of aliphatic carboxylic acids is 1. The van der Waals surface area contributed by atoms with E-state index in [0.29, 0.717) is 25.8 Å². The Labute approximate surface area is 187 Å². The summed E-state index contributed by atoms with van der Waals surface area (Å²) in [5, 5.41) is 14.5. The van der Waals surface area contributed by atoms with Gasteiger partial charge in [0.2, 0.25) is 5.91 Å². The van der Waals surface area contributed by atoms with Gasteiger partial charge in [-0.1, -0.05) is 61.9 Å². The van der Waals surface area contributed by atoms with Gasteiger partial charge in [0.05, 0.1) is 0 Å². The van der Waals surface area contributed by atoms with Gasteiger partial charge >= 0.3 is 12.1 Å². The Morgan fingerprint density at radius 2 is 1.69 bits per heavy atom. The van der Waals surface area contributed by atoms with Crippen LogP contribution in [0.25, 0.3) is 11.1 Å². The molecule has 2 aliphatic carbocycles. The second-order valence-corrected chi connectivity index (χ2v) is 8.50. The molecule has 1 fully saturated rings. The summed E-state index contributed by atoms with van der Waals surface area (Å²) in [6, 6.07) is 15.4. The monoisotopic (exact) mass is 436 g/mol. The molecule has 0 bridgehead atoms. The van der Waals surface area contributed by atoms with Crippen molar-refractivity contribution < 1.29 is 24.2 Å². The summed E-state index contributed by atoms with van der Waals surface area (Å²) in [4.78, 5) is 35.7. The molecule has 4 rings (SSSR count). The molecule has 2 aliphatic rings. The minimum absolute atomic E-state index is 0.000816. The molecule has 2 aromatic rings. The lowest BCUT2D eigenvalue weighted by Crippen LogP contribution is -2.42. The Morgan fingerprint density at radius 1 is 1.06 bits per heavy atom. The fourth-order valence-electron chi connectivity index (χ4n) is 4.48. The normalized spacial score (nSPS) is 19.4. The molecule has 168 valence electrons. The Bertz CT molecular complexity index is 975. The highest BCUT2D eigenvalue weighted by Crippen LogP contribution is 2.44. The first-order valence-electron chi connectivity index (χ1n) is 11.1. The van der Waals surface area contributed by atoms with Gasteiger partial charge in [0.25, 0.3) is 0 Å². The largest absolute Gasteiger partial charge is 0.480 e. The Hall–Kier alpha value is -3.35. The molecule has 1 saturated carbocycles. The Kier molecular flexibility index (Phi) is 6.44. The number of hydrogen-bond acceptors (Lipinski definition) is 4. The number of carbonyl (C=O) groups is 3. The van der Waals surface area contributed by atoms with Crippen LogP contribution in [0.2, 0.25) is 0 Å². The van der Waals surface area contributed by atoms with E-state index < -0.39 is 18.1 Å². The van der Waals surface area contributed by atoms with Gasteiger partial charge < -0.3 is 20.5 Å². The summed E-state index contributed by atoms with van der Waals surface area (Å²) in [5.41, 5.74) is 4.65. The molecule has 3 atom stereocenters. The highest BCUT2D eigenvalue weighted by Gasteiger charge is 2.44. The van der Waals surface area contributed by atoms with Crippen LogP contribution >= 0.6 is 0 Å². The van der Waals surface area contributed by atoms with Gasteiger partial charge in [-0.25, -0.2) is 9.59 Å². The zero-order valence-electron chi connectivity index (χ0n) is 18.0. The molecule has 3 N–H and O–H groups in total. The van der Waals surface area contributed by atoms with E-state index >= 15 is 0 Å². The molecule has 1 unspecified atom stereocenters. The summed E-state index contributed by atoms with van der Waals surface area (Å²) in [5.74, 6) is -1.53. The lowest BCUT2D eigenvalue weighted by molar-refractivity contribution is -0.142. The molecule has 0 aliphatic heterocycles. The molecule has 0 saturated heterocycles. The van der Waals surface area contributed by atoms with Crippen LogP contribution < -0.4 is 10.6 Å². The summed E-state index contributed by atoms with van der Waals surface area (Å²) >= 11 is 0. The first-order chi connectivity index (χ1) is 15.5. The number of benzene rings is 2. The molecular formula is C25H28N2O5. The number of carbonyl (C=O) groups excluding carboxylic acids is 2. The number of rotatable bonds is 9. The van der Waals surface area contributed by atoms with E-state index in [4.69, 9.17) is 4.74 Å². The SMILES string of the molecule is CCCC(NC(=O)[C@@H]1C[C@@H]1CNC(=O)OCC1c2ccccc2-c2ccccc21)C(=O)O. The van der Waals surface area contributed by atoms with Gasteiger partial charge in [0.1, 0.15) is 12.6 Å². The molecule has 0 radical (unpaired) electrons. The quantitative estimate of drug-likeness (QED) is 0.558. The van der Waals surface area contributed by atoms with Gasteiger partial charge in [0, 0.05) is 18.4 Å². The van der Waals surface area contributed by atoms with E-state index in [1.165, 1.54) is 11.1 Å². The third kappa shape index (κ3) is 4.61. The van der Waals surface area contributed by atoms with E-state index in [0.717, 1.165) is 11.1 Å². The van der Waals surface area contributed by atoms with Crippen molar-refractivity contribution in [2.75, 3.05) is 13.2 Å². The van der Waals surface area contributed by atoms with E-state index in [9.17, 15) is 19.5 Å². The topological polar surface area (TPSA) is 105 Å². The van der Waals surface area contributed by atoms with Crippen molar-refractivity contribution in [2.24, 2.45) is 11.8 Å². The molecule has 7 heteroatoms.